The molecule has 2 aromatic rings. The van der Waals surface area contributed by atoms with Gasteiger partial charge in [-0.3, -0.25) is 0 Å². The maximum atomic E-state index is 4.28. The van der Waals surface area contributed by atoms with Crippen LogP contribution in [0.2, 0.25) is 0 Å². The van der Waals surface area contributed by atoms with Gasteiger partial charge in [0.15, 0.2) is 0 Å². The molecule has 0 atom stereocenters. The molecule has 0 amide bonds. The molecular formula is C10H14N4. The number of nitrogens with zero attached hydrogens (tertiary/aromatic N) is 1. The Bertz CT molecular complexity index is 374. The van der Waals surface area contributed by atoms with Crippen molar-refractivity contribution >= 4 is 0 Å². The van der Waals surface area contributed by atoms with E-state index >= 15 is 0 Å². The fourth-order valence-electron chi connectivity index (χ4n) is 1.33. The lowest BCUT2D eigenvalue weighted by Crippen LogP contribution is -2.12. The van der Waals surface area contributed by atoms with Gasteiger partial charge >= 0.3 is 0 Å². The Balaban J connectivity index is 2.10. The SMILES string of the molecule is CCNCc1ncc(-c2cc[nH]c2)[nH]1. The summed E-state index contributed by atoms with van der Waals surface area (Å²) >= 11 is 0. The van der Waals surface area contributed by atoms with Crippen LogP contribution in [0.1, 0.15) is 12.7 Å². The number of aromatic amines is 2. The third kappa shape index (κ3) is 1.85. The van der Waals surface area contributed by atoms with Crippen molar-refractivity contribution < 1.29 is 0 Å². The van der Waals surface area contributed by atoms with Crippen LogP contribution in [0, 0.1) is 0 Å². The summed E-state index contributed by atoms with van der Waals surface area (Å²) in [6, 6.07) is 2.02. The van der Waals surface area contributed by atoms with Gasteiger partial charge in [0, 0.05) is 18.0 Å². The van der Waals surface area contributed by atoms with Crippen LogP contribution in [0.3, 0.4) is 0 Å². The molecule has 0 aliphatic carbocycles. The second kappa shape index (κ2) is 4.11. The average molecular weight is 190 g/mol. The van der Waals surface area contributed by atoms with E-state index in [1.165, 1.54) is 0 Å². The van der Waals surface area contributed by atoms with E-state index in [2.05, 4.69) is 27.2 Å². The van der Waals surface area contributed by atoms with Crippen LogP contribution in [-0.4, -0.2) is 21.5 Å². The number of hydrogen-bond acceptors (Lipinski definition) is 2. The molecule has 0 radical (unpaired) electrons. The third-order valence-electron chi connectivity index (χ3n) is 2.08. The summed E-state index contributed by atoms with van der Waals surface area (Å²) < 4.78 is 0. The number of aromatic nitrogens is 3. The second-order valence-corrected chi connectivity index (χ2v) is 3.12. The molecule has 0 saturated carbocycles. The average Bonchev–Trinajstić information content (AvgIpc) is 2.85. The van der Waals surface area contributed by atoms with Crippen LogP contribution < -0.4 is 5.32 Å². The molecule has 0 aliphatic heterocycles. The Morgan fingerprint density at radius 2 is 2.43 bits per heavy atom. The van der Waals surface area contributed by atoms with E-state index in [0.717, 1.165) is 30.2 Å². The molecule has 0 spiro atoms. The van der Waals surface area contributed by atoms with Crippen LogP contribution in [0.5, 0.6) is 0 Å². The first-order valence-corrected chi connectivity index (χ1v) is 4.78. The quantitative estimate of drug-likeness (QED) is 0.684. The minimum Gasteiger partial charge on any atom is -0.367 e. The maximum Gasteiger partial charge on any atom is 0.120 e. The lowest BCUT2D eigenvalue weighted by Gasteiger charge is -1.96. The maximum absolute atomic E-state index is 4.28. The minimum atomic E-state index is 0.793. The molecule has 2 rings (SSSR count). The topological polar surface area (TPSA) is 56.5 Å². The largest absolute Gasteiger partial charge is 0.367 e. The fourth-order valence-corrected chi connectivity index (χ4v) is 1.33. The standard InChI is InChI=1S/C10H14N4/c1-2-11-7-10-13-6-9(14-10)8-3-4-12-5-8/h3-6,11-12H,2,7H2,1H3,(H,13,14). The van der Waals surface area contributed by atoms with E-state index in [1.807, 2.05) is 24.7 Å². The van der Waals surface area contributed by atoms with Crippen molar-refractivity contribution in [2.24, 2.45) is 0 Å². The minimum absolute atomic E-state index is 0.793. The van der Waals surface area contributed by atoms with Gasteiger partial charge in [-0.05, 0) is 12.6 Å². The smallest absolute Gasteiger partial charge is 0.120 e. The zero-order valence-electron chi connectivity index (χ0n) is 8.17. The normalized spacial score (nSPS) is 10.6. The summed E-state index contributed by atoms with van der Waals surface area (Å²) in [6.45, 7) is 3.83. The van der Waals surface area contributed by atoms with Crippen molar-refractivity contribution in [2.75, 3.05) is 6.54 Å². The van der Waals surface area contributed by atoms with Gasteiger partial charge in [0.1, 0.15) is 5.82 Å². The second-order valence-electron chi connectivity index (χ2n) is 3.12. The van der Waals surface area contributed by atoms with Crippen LogP contribution in [-0.2, 0) is 6.54 Å². The first-order valence-electron chi connectivity index (χ1n) is 4.78. The highest BCUT2D eigenvalue weighted by molar-refractivity contribution is 5.57. The molecule has 0 aliphatic rings. The van der Waals surface area contributed by atoms with Gasteiger partial charge in [-0.1, -0.05) is 6.92 Å². The number of hydrogen-bond donors (Lipinski definition) is 3. The highest BCUT2D eigenvalue weighted by Crippen LogP contribution is 2.15. The van der Waals surface area contributed by atoms with E-state index in [9.17, 15) is 0 Å². The van der Waals surface area contributed by atoms with Crippen LogP contribution in [0.15, 0.2) is 24.7 Å². The van der Waals surface area contributed by atoms with Gasteiger partial charge in [0.05, 0.1) is 18.4 Å². The summed E-state index contributed by atoms with van der Waals surface area (Å²) in [7, 11) is 0. The van der Waals surface area contributed by atoms with Gasteiger partial charge in [-0.2, -0.15) is 0 Å². The van der Waals surface area contributed by atoms with Crippen molar-refractivity contribution in [2.45, 2.75) is 13.5 Å². The molecule has 0 aromatic carbocycles. The molecule has 74 valence electrons. The summed E-state index contributed by atoms with van der Waals surface area (Å²) in [5, 5.41) is 3.22. The predicted molar refractivity (Wildman–Crippen MR) is 55.8 cm³/mol. The van der Waals surface area contributed by atoms with E-state index in [4.69, 9.17) is 0 Å². The highest BCUT2D eigenvalue weighted by Gasteiger charge is 2.02. The number of H-pyrrole nitrogens is 2. The van der Waals surface area contributed by atoms with Crippen molar-refractivity contribution in [1.82, 2.24) is 20.3 Å². The van der Waals surface area contributed by atoms with Gasteiger partial charge in [-0.25, -0.2) is 4.98 Å². The Labute approximate surface area is 82.8 Å². The molecule has 3 N–H and O–H groups in total. The molecular weight excluding hydrogens is 176 g/mol. The van der Waals surface area contributed by atoms with Crippen molar-refractivity contribution in [1.29, 1.82) is 0 Å². The van der Waals surface area contributed by atoms with E-state index in [1.54, 1.807) is 0 Å². The number of nitrogens with one attached hydrogen (secondary N) is 3. The first kappa shape index (κ1) is 9.02. The molecule has 2 aromatic heterocycles. The molecule has 2 heterocycles. The molecule has 4 nitrogen and oxygen atoms in total. The van der Waals surface area contributed by atoms with Crippen molar-refractivity contribution in [3.63, 3.8) is 0 Å². The first-order chi connectivity index (χ1) is 6.90. The van der Waals surface area contributed by atoms with Gasteiger partial charge < -0.3 is 15.3 Å². The lowest BCUT2D eigenvalue weighted by atomic mass is 10.3. The van der Waals surface area contributed by atoms with E-state index < -0.39 is 0 Å². The molecule has 0 unspecified atom stereocenters. The summed E-state index contributed by atoms with van der Waals surface area (Å²) in [5.74, 6) is 0.975. The van der Waals surface area contributed by atoms with Gasteiger partial charge in [-0.15, -0.1) is 0 Å². The van der Waals surface area contributed by atoms with Crippen molar-refractivity contribution in [3.05, 3.63) is 30.5 Å². The van der Waals surface area contributed by atoms with Gasteiger partial charge in [0.25, 0.3) is 0 Å². The van der Waals surface area contributed by atoms with Crippen LogP contribution in [0.25, 0.3) is 11.3 Å². The molecule has 0 fully saturated rings. The Morgan fingerprint density at radius 1 is 1.50 bits per heavy atom. The zero-order valence-corrected chi connectivity index (χ0v) is 8.17. The lowest BCUT2D eigenvalue weighted by molar-refractivity contribution is 0.698. The third-order valence-corrected chi connectivity index (χ3v) is 2.08. The summed E-state index contributed by atoms with van der Waals surface area (Å²) in [6.07, 6.45) is 5.71. The molecule has 14 heavy (non-hydrogen) atoms. The highest BCUT2D eigenvalue weighted by atomic mass is 15.0. The Hall–Kier alpha value is -1.55. The monoisotopic (exact) mass is 190 g/mol. The molecule has 4 heteroatoms. The molecule has 0 bridgehead atoms. The predicted octanol–water partition coefficient (Wildman–Crippen LogP) is 1.51. The number of imidazole rings is 1. The Morgan fingerprint density at radius 3 is 3.14 bits per heavy atom. The Kier molecular flexibility index (Phi) is 2.65. The fraction of sp³-hybridized carbons (Fsp3) is 0.300. The zero-order chi connectivity index (χ0) is 9.80. The van der Waals surface area contributed by atoms with Gasteiger partial charge in [0.2, 0.25) is 0 Å². The van der Waals surface area contributed by atoms with Crippen molar-refractivity contribution in [3.8, 4) is 11.3 Å². The number of rotatable bonds is 4. The van der Waals surface area contributed by atoms with E-state index in [-0.39, 0.29) is 0 Å². The van der Waals surface area contributed by atoms with Crippen LogP contribution in [0.4, 0.5) is 0 Å². The summed E-state index contributed by atoms with van der Waals surface area (Å²) in [4.78, 5) is 10.6. The molecule has 0 saturated heterocycles. The van der Waals surface area contributed by atoms with E-state index in [0.29, 0.717) is 0 Å². The van der Waals surface area contributed by atoms with Crippen LogP contribution >= 0.6 is 0 Å². The summed E-state index contributed by atoms with van der Waals surface area (Å²) in [5.41, 5.74) is 2.19.